The molecule has 0 aliphatic heterocycles. The van der Waals surface area contributed by atoms with Crippen LogP contribution in [0.15, 0.2) is 27.5 Å². The number of rotatable bonds is 2. The maximum absolute atomic E-state index is 10.9. The number of aromatic carboxylic acids is 1. The topological polar surface area (TPSA) is 76.5 Å². The van der Waals surface area contributed by atoms with Crippen molar-refractivity contribution in [3.63, 3.8) is 0 Å². The predicted octanol–water partition coefficient (Wildman–Crippen LogP) is 1.94. The van der Waals surface area contributed by atoms with Crippen LogP contribution in [0.25, 0.3) is 11.3 Å². The first-order chi connectivity index (χ1) is 6.70. The van der Waals surface area contributed by atoms with Crippen LogP contribution in [0.5, 0.6) is 0 Å². The van der Waals surface area contributed by atoms with Crippen molar-refractivity contribution in [1.82, 2.24) is 5.16 Å². The number of hydrogen-bond donors (Lipinski definition) is 1. The van der Waals surface area contributed by atoms with E-state index in [1.54, 1.807) is 13.0 Å². The summed E-state index contributed by atoms with van der Waals surface area (Å²) in [5.74, 6) is -0.770. The smallest absolute Gasteiger partial charge is 0.341 e. The van der Waals surface area contributed by atoms with E-state index in [9.17, 15) is 4.79 Å². The maximum Gasteiger partial charge on any atom is 0.341 e. The molecule has 0 aliphatic rings. The van der Waals surface area contributed by atoms with Gasteiger partial charge in [-0.05, 0) is 13.0 Å². The fourth-order valence-corrected chi connectivity index (χ4v) is 1.22. The van der Waals surface area contributed by atoms with Gasteiger partial charge in [-0.25, -0.2) is 4.79 Å². The van der Waals surface area contributed by atoms with Gasteiger partial charge in [0.05, 0.1) is 12.5 Å². The third kappa shape index (κ3) is 1.19. The molecule has 0 aliphatic carbocycles. The highest BCUT2D eigenvalue weighted by molar-refractivity contribution is 5.95. The van der Waals surface area contributed by atoms with Crippen molar-refractivity contribution in [2.75, 3.05) is 0 Å². The third-order valence-electron chi connectivity index (χ3n) is 1.87. The molecular weight excluding hydrogens is 186 g/mol. The third-order valence-corrected chi connectivity index (χ3v) is 1.87. The van der Waals surface area contributed by atoms with Gasteiger partial charge in [0.25, 0.3) is 0 Å². The molecule has 2 aromatic rings. The van der Waals surface area contributed by atoms with Gasteiger partial charge in [0.15, 0.2) is 0 Å². The number of aromatic nitrogens is 1. The highest BCUT2D eigenvalue weighted by Crippen LogP contribution is 2.25. The second-order valence-electron chi connectivity index (χ2n) is 2.78. The molecule has 0 atom stereocenters. The van der Waals surface area contributed by atoms with Crippen molar-refractivity contribution in [3.8, 4) is 11.3 Å². The van der Waals surface area contributed by atoms with E-state index in [1.165, 1.54) is 12.5 Å². The van der Waals surface area contributed by atoms with E-state index in [2.05, 4.69) is 5.16 Å². The van der Waals surface area contributed by atoms with Gasteiger partial charge in [0.2, 0.25) is 0 Å². The quantitative estimate of drug-likeness (QED) is 0.788. The van der Waals surface area contributed by atoms with E-state index in [4.69, 9.17) is 14.0 Å². The molecule has 0 bridgehead atoms. The van der Waals surface area contributed by atoms with E-state index in [0.29, 0.717) is 11.3 Å². The van der Waals surface area contributed by atoms with Gasteiger partial charge in [0, 0.05) is 5.56 Å². The molecule has 0 amide bonds. The van der Waals surface area contributed by atoms with Crippen LogP contribution in [0.4, 0.5) is 0 Å². The Kier molecular flexibility index (Phi) is 1.85. The summed E-state index contributed by atoms with van der Waals surface area (Å²) in [7, 11) is 0. The summed E-state index contributed by atoms with van der Waals surface area (Å²) >= 11 is 0. The summed E-state index contributed by atoms with van der Waals surface area (Å²) < 4.78 is 9.65. The minimum Gasteiger partial charge on any atom is -0.477 e. The van der Waals surface area contributed by atoms with Gasteiger partial charge in [0.1, 0.15) is 17.0 Å². The summed E-state index contributed by atoms with van der Waals surface area (Å²) in [5.41, 5.74) is 0.967. The minimum absolute atomic E-state index is 0.0754. The van der Waals surface area contributed by atoms with E-state index in [1.807, 2.05) is 0 Å². The average molecular weight is 193 g/mol. The molecule has 0 radical (unpaired) electrons. The first-order valence-corrected chi connectivity index (χ1v) is 3.92. The molecule has 5 heteroatoms. The van der Waals surface area contributed by atoms with Crippen molar-refractivity contribution in [2.24, 2.45) is 0 Å². The summed E-state index contributed by atoms with van der Waals surface area (Å²) in [4.78, 5) is 10.9. The molecule has 14 heavy (non-hydrogen) atoms. The molecule has 2 rings (SSSR count). The zero-order valence-electron chi connectivity index (χ0n) is 7.35. The van der Waals surface area contributed by atoms with Crippen LogP contribution in [0, 0.1) is 6.92 Å². The highest BCUT2D eigenvalue weighted by Gasteiger charge is 2.21. The average Bonchev–Trinajstić information content (AvgIpc) is 2.70. The number of carbonyl (C=O) groups is 1. The van der Waals surface area contributed by atoms with E-state index in [0.717, 1.165) is 0 Å². The number of hydrogen-bond acceptors (Lipinski definition) is 4. The molecule has 0 saturated heterocycles. The van der Waals surface area contributed by atoms with Gasteiger partial charge < -0.3 is 14.0 Å². The molecule has 0 unspecified atom stereocenters. The van der Waals surface area contributed by atoms with Crippen molar-refractivity contribution < 1.29 is 18.8 Å². The van der Waals surface area contributed by atoms with Crippen LogP contribution in [-0.4, -0.2) is 16.2 Å². The molecule has 2 heterocycles. The Bertz CT molecular complexity index is 455. The number of aryl methyl sites for hydroxylation is 1. The first kappa shape index (κ1) is 8.55. The highest BCUT2D eigenvalue weighted by atomic mass is 16.5. The van der Waals surface area contributed by atoms with Crippen molar-refractivity contribution >= 4 is 5.97 Å². The van der Waals surface area contributed by atoms with Crippen LogP contribution in [0.3, 0.4) is 0 Å². The standard InChI is InChI=1S/C9H7NO4/c1-5-7(9(11)12)8(10-14-5)6-2-3-13-4-6/h2-4H,1H3,(H,11,12). The fraction of sp³-hybridized carbons (Fsp3) is 0.111. The van der Waals surface area contributed by atoms with Crippen LogP contribution in [0.1, 0.15) is 16.1 Å². The maximum atomic E-state index is 10.9. The van der Waals surface area contributed by atoms with E-state index >= 15 is 0 Å². The summed E-state index contributed by atoms with van der Waals surface area (Å²) in [6, 6.07) is 1.63. The van der Waals surface area contributed by atoms with Gasteiger partial charge in [-0.2, -0.15) is 0 Å². The Morgan fingerprint density at radius 2 is 2.36 bits per heavy atom. The molecular formula is C9H7NO4. The second kappa shape index (κ2) is 3.02. The summed E-state index contributed by atoms with van der Waals surface area (Å²) in [6.45, 7) is 1.56. The fourth-order valence-electron chi connectivity index (χ4n) is 1.22. The monoisotopic (exact) mass is 193 g/mol. The molecule has 2 aromatic heterocycles. The lowest BCUT2D eigenvalue weighted by atomic mass is 10.1. The number of nitrogens with zero attached hydrogens (tertiary/aromatic N) is 1. The number of furan rings is 1. The lowest BCUT2D eigenvalue weighted by Crippen LogP contribution is -1.98. The Labute approximate surface area is 78.9 Å². The zero-order chi connectivity index (χ0) is 10.1. The van der Waals surface area contributed by atoms with E-state index in [-0.39, 0.29) is 11.3 Å². The molecule has 0 fully saturated rings. The molecule has 5 nitrogen and oxygen atoms in total. The Morgan fingerprint density at radius 3 is 2.93 bits per heavy atom. The van der Waals surface area contributed by atoms with Crippen molar-refractivity contribution in [2.45, 2.75) is 6.92 Å². The van der Waals surface area contributed by atoms with Gasteiger partial charge in [-0.3, -0.25) is 0 Å². The normalized spacial score (nSPS) is 10.4. The number of carboxylic acids is 1. The largest absolute Gasteiger partial charge is 0.477 e. The van der Waals surface area contributed by atoms with Crippen LogP contribution in [-0.2, 0) is 0 Å². The minimum atomic E-state index is -1.06. The van der Waals surface area contributed by atoms with Crippen LogP contribution in [0.2, 0.25) is 0 Å². The molecule has 72 valence electrons. The van der Waals surface area contributed by atoms with Crippen molar-refractivity contribution in [3.05, 3.63) is 29.9 Å². The first-order valence-electron chi connectivity index (χ1n) is 3.92. The van der Waals surface area contributed by atoms with Crippen molar-refractivity contribution in [1.29, 1.82) is 0 Å². The van der Waals surface area contributed by atoms with E-state index < -0.39 is 5.97 Å². The van der Waals surface area contributed by atoms with Gasteiger partial charge in [-0.1, -0.05) is 5.16 Å². The number of carboxylic acid groups (broad SMARTS) is 1. The lowest BCUT2D eigenvalue weighted by Gasteiger charge is -1.91. The zero-order valence-corrected chi connectivity index (χ0v) is 7.35. The Balaban J connectivity index is 2.60. The Hall–Kier alpha value is -2.04. The molecule has 1 N–H and O–H groups in total. The predicted molar refractivity (Wildman–Crippen MR) is 45.9 cm³/mol. The SMILES string of the molecule is Cc1onc(-c2ccoc2)c1C(=O)O. The van der Waals surface area contributed by atoms with Crippen LogP contribution < -0.4 is 0 Å². The second-order valence-corrected chi connectivity index (χ2v) is 2.78. The Morgan fingerprint density at radius 1 is 1.57 bits per heavy atom. The summed E-state index contributed by atoms with van der Waals surface area (Å²) in [5, 5.41) is 12.6. The van der Waals surface area contributed by atoms with Crippen LogP contribution >= 0.6 is 0 Å². The summed E-state index contributed by atoms with van der Waals surface area (Å²) in [6.07, 6.45) is 2.87. The molecule has 0 saturated carbocycles. The molecule has 0 spiro atoms. The van der Waals surface area contributed by atoms with Gasteiger partial charge in [-0.15, -0.1) is 0 Å². The molecule has 0 aromatic carbocycles. The van der Waals surface area contributed by atoms with Gasteiger partial charge >= 0.3 is 5.97 Å². The lowest BCUT2D eigenvalue weighted by molar-refractivity contribution is 0.0696.